The van der Waals surface area contributed by atoms with Crippen LogP contribution in [-0.2, 0) is 13.6 Å². The molecule has 1 aromatic carbocycles. The molecule has 0 aliphatic heterocycles. The van der Waals surface area contributed by atoms with Crippen molar-refractivity contribution in [1.82, 2.24) is 24.0 Å². The topological polar surface area (TPSA) is 117 Å². The van der Waals surface area contributed by atoms with Crippen molar-refractivity contribution in [3.05, 3.63) is 50.7 Å². The highest BCUT2D eigenvalue weighted by Crippen LogP contribution is 2.18. The van der Waals surface area contributed by atoms with E-state index in [0.29, 0.717) is 18.2 Å². The lowest BCUT2D eigenvalue weighted by Crippen LogP contribution is -2.31. The Hall–Kier alpha value is -3.11. The van der Waals surface area contributed by atoms with Crippen molar-refractivity contribution in [1.29, 1.82) is 0 Å². The first kappa shape index (κ1) is 21.6. The van der Waals surface area contributed by atoms with Gasteiger partial charge in [-0.05, 0) is 32.6 Å². The van der Waals surface area contributed by atoms with Gasteiger partial charge in [-0.3, -0.25) is 14.3 Å². The van der Waals surface area contributed by atoms with Gasteiger partial charge in [0.1, 0.15) is 18.5 Å². The number of rotatable bonds is 9. The van der Waals surface area contributed by atoms with Gasteiger partial charge in [-0.15, -0.1) is 0 Å². The van der Waals surface area contributed by atoms with E-state index in [4.69, 9.17) is 4.74 Å². The largest absolute Gasteiger partial charge is 0.491 e. The predicted molar refractivity (Wildman–Crippen MR) is 115 cm³/mol. The van der Waals surface area contributed by atoms with E-state index in [1.54, 1.807) is 11.6 Å². The summed E-state index contributed by atoms with van der Waals surface area (Å²) in [6, 6.07) is 7.55. The molecule has 3 rings (SSSR count). The molecule has 0 radical (unpaired) electrons. The number of aryl methyl sites for hydroxylation is 2. The number of aromatic amines is 1. The maximum atomic E-state index is 12.5. The molecule has 3 aromatic rings. The van der Waals surface area contributed by atoms with E-state index >= 15 is 0 Å². The number of aliphatic hydroxyl groups excluding tert-OH is 1. The molecule has 0 unspecified atom stereocenters. The molecule has 3 N–H and O–H groups in total. The average Bonchev–Trinajstić information content (AvgIpc) is 3.04. The number of hydrogen-bond donors (Lipinski definition) is 3. The number of ether oxygens (including phenoxy) is 1. The first-order chi connectivity index (χ1) is 14.3. The lowest BCUT2D eigenvalue weighted by Gasteiger charge is -2.17. The molecule has 0 saturated heterocycles. The summed E-state index contributed by atoms with van der Waals surface area (Å²) < 4.78 is 8.60. The molecule has 10 nitrogen and oxygen atoms in total. The Balaban J connectivity index is 1.88. The van der Waals surface area contributed by atoms with Crippen LogP contribution in [0.2, 0.25) is 0 Å². The number of fused-ring (bicyclic) bond motifs is 1. The lowest BCUT2D eigenvalue weighted by molar-refractivity contribution is 0.0935. The van der Waals surface area contributed by atoms with Crippen LogP contribution in [-0.4, -0.2) is 69.0 Å². The zero-order chi connectivity index (χ0) is 21.8. The van der Waals surface area contributed by atoms with Crippen LogP contribution in [0.4, 0.5) is 5.95 Å². The van der Waals surface area contributed by atoms with E-state index < -0.39 is 17.4 Å². The molecular weight excluding hydrogens is 388 g/mol. The minimum atomic E-state index is -0.895. The number of para-hydroxylation sites is 1. The van der Waals surface area contributed by atoms with Crippen molar-refractivity contribution < 1.29 is 9.84 Å². The van der Waals surface area contributed by atoms with E-state index in [9.17, 15) is 14.7 Å². The SMILES string of the molecule is Cc1ccccc1OC[C@@H](O)Cn1c(NCCN(C)C)nc2c1c(=O)[nH]c(=O)n2C. The molecule has 0 saturated carbocycles. The quantitative estimate of drug-likeness (QED) is 0.454. The van der Waals surface area contributed by atoms with Gasteiger partial charge in [0.05, 0.1) is 6.54 Å². The number of hydrogen-bond acceptors (Lipinski definition) is 7. The summed E-state index contributed by atoms with van der Waals surface area (Å²) in [5.74, 6) is 1.10. The van der Waals surface area contributed by atoms with Gasteiger partial charge in [0, 0.05) is 20.1 Å². The van der Waals surface area contributed by atoms with Gasteiger partial charge < -0.3 is 24.6 Å². The average molecular weight is 416 g/mol. The number of likely N-dealkylation sites (N-methyl/N-ethyl adjacent to an activating group) is 1. The lowest BCUT2D eigenvalue weighted by atomic mass is 10.2. The van der Waals surface area contributed by atoms with Crippen LogP contribution in [0.3, 0.4) is 0 Å². The summed E-state index contributed by atoms with van der Waals surface area (Å²) in [6.07, 6.45) is -0.895. The van der Waals surface area contributed by atoms with Crippen LogP contribution < -0.4 is 21.3 Å². The van der Waals surface area contributed by atoms with Crippen LogP contribution in [0.5, 0.6) is 5.75 Å². The number of nitrogens with one attached hydrogen (secondary N) is 2. The molecule has 30 heavy (non-hydrogen) atoms. The molecule has 2 aromatic heterocycles. The normalized spacial score (nSPS) is 12.5. The van der Waals surface area contributed by atoms with Crippen molar-refractivity contribution in [3.8, 4) is 5.75 Å². The summed E-state index contributed by atoms with van der Waals surface area (Å²) in [5, 5.41) is 13.8. The standard InChI is InChI=1S/C20H28N6O4/c1-13-7-5-6-8-15(13)30-12-14(27)11-26-16-17(25(4)20(29)23-18(16)28)22-19(26)21-9-10-24(2)3/h5-8,14,27H,9-12H2,1-4H3,(H,21,22)(H,23,28,29)/t14-/m0/s1. The molecular formula is C20H28N6O4. The van der Waals surface area contributed by atoms with Crippen LogP contribution in [0, 0.1) is 6.92 Å². The smallest absolute Gasteiger partial charge is 0.329 e. The van der Waals surface area contributed by atoms with Crippen LogP contribution in [0.15, 0.2) is 33.9 Å². The molecule has 2 heterocycles. The Bertz CT molecular complexity index is 1130. The summed E-state index contributed by atoms with van der Waals surface area (Å²) in [6.45, 7) is 3.38. The second kappa shape index (κ2) is 9.14. The maximum Gasteiger partial charge on any atom is 0.329 e. The third kappa shape index (κ3) is 4.71. The van der Waals surface area contributed by atoms with E-state index in [-0.39, 0.29) is 24.3 Å². The van der Waals surface area contributed by atoms with Gasteiger partial charge in [-0.1, -0.05) is 18.2 Å². The first-order valence-corrected chi connectivity index (χ1v) is 9.72. The Labute approximate surface area is 173 Å². The second-order valence-corrected chi connectivity index (χ2v) is 7.50. The zero-order valence-electron chi connectivity index (χ0n) is 17.7. The van der Waals surface area contributed by atoms with Gasteiger partial charge in [0.15, 0.2) is 11.2 Å². The fraction of sp³-hybridized carbons (Fsp3) is 0.450. The third-order valence-electron chi connectivity index (χ3n) is 4.77. The van der Waals surface area contributed by atoms with Gasteiger partial charge in [-0.25, -0.2) is 4.79 Å². The molecule has 0 spiro atoms. The van der Waals surface area contributed by atoms with Crippen molar-refractivity contribution in [2.45, 2.75) is 19.6 Å². The number of imidazole rings is 1. The molecule has 0 fully saturated rings. The Morgan fingerprint density at radius 1 is 1.30 bits per heavy atom. The highest BCUT2D eigenvalue weighted by molar-refractivity contribution is 5.74. The third-order valence-corrected chi connectivity index (χ3v) is 4.77. The fourth-order valence-corrected chi connectivity index (χ4v) is 3.11. The summed E-state index contributed by atoms with van der Waals surface area (Å²) in [7, 11) is 5.44. The fourth-order valence-electron chi connectivity index (χ4n) is 3.11. The second-order valence-electron chi connectivity index (χ2n) is 7.50. The maximum absolute atomic E-state index is 12.5. The summed E-state index contributed by atoms with van der Waals surface area (Å²) in [4.78, 5) is 33.2. The Morgan fingerprint density at radius 3 is 2.73 bits per heavy atom. The Morgan fingerprint density at radius 2 is 2.03 bits per heavy atom. The molecule has 162 valence electrons. The van der Waals surface area contributed by atoms with Crippen LogP contribution >= 0.6 is 0 Å². The number of benzene rings is 1. The van der Waals surface area contributed by atoms with Gasteiger partial charge in [0.2, 0.25) is 5.95 Å². The zero-order valence-corrected chi connectivity index (χ0v) is 17.7. The Kier molecular flexibility index (Phi) is 6.58. The molecule has 0 bridgehead atoms. The van der Waals surface area contributed by atoms with Gasteiger partial charge in [0.25, 0.3) is 5.56 Å². The summed E-state index contributed by atoms with van der Waals surface area (Å²) in [5.41, 5.74) is 0.353. The number of anilines is 1. The summed E-state index contributed by atoms with van der Waals surface area (Å²) >= 11 is 0. The van der Waals surface area contributed by atoms with Crippen molar-refractivity contribution in [2.24, 2.45) is 7.05 Å². The molecule has 0 aliphatic rings. The van der Waals surface area contributed by atoms with E-state index in [1.807, 2.05) is 50.2 Å². The predicted octanol–water partition coefficient (Wildman–Crippen LogP) is 0.145. The monoisotopic (exact) mass is 416 g/mol. The van der Waals surface area contributed by atoms with E-state index in [0.717, 1.165) is 12.1 Å². The molecule has 1 atom stereocenters. The molecule has 0 aliphatic carbocycles. The number of nitrogens with zero attached hydrogens (tertiary/aromatic N) is 4. The van der Waals surface area contributed by atoms with Gasteiger partial charge >= 0.3 is 5.69 Å². The van der Waals surface area contributed by atoms with Crippen molar-refractivity contribution in [2.75, 3.05) is 39.1 Å². The van der Waals surface area contributed by atoms with Crippen molar-refractivity contribution in [3.63, 3.8) is 0 Å². The van der Waals surface area contributed by atoms with Crippen LogP contribution in [0.1, 0.15) is 5.56 Å². The highest BCUT2D eigenvalue weighted by Gasteiger charge is 2.20. The minimum absolute atomic E-state index is 0.0470. The first-order valence-electron chi connectivity index (χ1n) is 9.72. The van der Waals surface area contributed by atoms with E-state index in [2.05, 4.69) is 15.3 Å². The molecule has 0 amide bonds. The molecule has 10 heteroatoms. The van der Waals surface area contributed by atoms with E-state index in [1.165, 1.54) is 4.57 Å². The number of aromatic nitrogens is 4. The highest BCUT2D eigenvalue weighted by atomic mass is 16.5. The number of aliphatic hydroxyl groups is 1. The van der Waals surface area contributed by atoms with Gasteiger partial charge in [-0.2, -0.15) is 4.98 Å². The number of H-pyrrole nitrogens is 1. The van der Waals surface area contributed by atoms with Crippen molar-refractivity contribution >= 4 is 17.1 Å². The van der Waals surface area contributed by atoms with Crippen LogP contribution in [0.25, 0.3) is 11.2 Å². The minimum Gasteiger partial charge on any atom is -0.491 e.